The Morgan fingerprint density at radius 2 is 2.24 bits per heavy atom. The van der Waals surface area contributed by atoms with E-state index in [4.69, 9.17) is 10.5 Å². The van der Waals surface area contributed by atoms with Gasteiger partial charge in [-0.3, -0.25) is 9.59 Å². The molecule has 0 aromatic heterocycles. The average molecular weight is 290 g/mol. The Hall–Kier alpha value is -1.88. The highest BCUT2D eigenvalue weighted by Gasteiger charge is 2.26. The molecular formula is C16H22N2O3. The molecule has 0 saturated carbocycles. The fraction of sp³-hybridized carbons (Fsp3) is 0.500. The van der Waals surface area contributed by atoms with Gasteiger partial charge in [-0.15, -0.1) is 0 Å². The number of carbonyl (C=O) groups is 2. The molecule has 2 N–H and O–H groups in total. The van der Waals surface area contributed by atoms with Crippen molar-refractivity contribution in [3.05, 3.63) is 29.8 Å². The normalized spacial score (nSPS) is 19.2. The van der Waals surface area contributed by atoms with Gasteiger partial charge >= 0.3 is 0 Å². The van der Waals surface area contributed by atoms with Crippen molar-refractivity contribution in [2.45, 2.75) is 19.3 Å². The van der Waals surface area contributed by atoms with Crippen molar-refractivity contribution in [2.75, 3.05) is 26.7 Å². The smallest absolute Gasteiger partial charge is 0.218 e. The SMILES string of the molecule is COc1cccc(C(=O)[C@H]2CCCN(CCC(N)=O)C2)c1. The van der Waals surface area contributed by atoms with Crippen LogP contribution in [0.4, 0.5) is 0 Å². The van der Waals surface area contributed by atoms with Crippen molar-refractivity contribution in [3.63, 3.8) is 0 Å². The maximum Gasteiger partial charge on any atom is 0.218 e. The third kappa shape index (κ3) is 4.29. The van der Waals surface area contributed by atoms with E-state index in [1.807, 2.05) is 18.2 Å². The summed E-state index contributed by atoms with van der Waals surface area (Å²) in [4.78, 5) is 25.6. The number of nitrogens with two attached hydrogens (primary N) is 1. The molecule has 0 spiro atoms. The van der Waals surface area contributed by atoms with Gasteiger partial charge in [0.15, 0.2) is 5.78 Å². The van der Waals surface area contributed by atoms with E-state index < -0.39 is 0 Å². The summed E-state index contributed by atoms with van der Waals surface area (Å²) < 4.78 is 5.16. The third-order valence-corrected chi connectivity index (χ3v) is 3.90. The molecule has 0 unspecified atom stereocenters. The summed E-state index contributed by atoms with van der Waals surface area (Å²) >= 11 is 0. The maximum absolute atomic E-state index is 12.6. The number of ether oxygens (including phenoxy) is 1. The molecule has 1 fully saturated rings. The molecule has 1 atom stereocenters. The first kappa shape index (κ1) is 15.5. The van der Waals surface area contributed by atoms with Crippen LogP contribution in [0, 0.1) is 5.92 Å². The lowest BCUT2D eigenvalue weighted by Gasteiger charge is -2.31. The molecule has 1 amide bonds. The van der Waals surface area contributed by atoms with E-state index in [2.05, 4.69) is 4.90 Å². The second kappa shape index (κ2) is 7.22. The minimum absolute atomic E-state index is 0.0151. The van der Waals surface area contributed by atoms with Gasteiger partial charge in [-0.25, -0.2) is 0 Å². The minimum Gasteiger partial charge on any atom is -0.497 e. The average Bonchev–Trinajstić information content (AvgIpc) is 2.52. The molecule has 0 aliphatic carbocycles. The predicted molar refractivity (Wildman–Crippen MR) is 80.3 cm³/mol. The Labute approximate surface area is 125 Å². The summed E-state index contributed by atoms with van der Waals surface area (Å²) in [6, 6.07) is 7.27. The number of piperidine rings is 1. The van der Waals surface area contributed by atoms with Crippen LogP contribution in [0.1, 0.15) is 29.6 Å². The lowest BCUT2D eigenvalue weighted by molar-refractivity contribution is -0.118. The molecule has 5 nitrogen and oxygen atoms in total. The van der Waals surface area contributed by atoms with Gasteiger partial charge < -0.3 is 15.4 Å². The summed E-state index contributed by atoms with van der Waals surface area (Å²) in [6.07, 6.45) is 2.21. The van der Waals surface area contributed by atoms with Gasteiger partial charge in [0.25, 0.3) is 0 Å². The van der Waals surface area contributed by atoms with Crippen molar-refractivity contribution in [1.29, 1.82) is 0 Å². The number of methoxy groups -OCH3 is 1. The molecular weight excluding hydrogens is 268 g/mol. The molecule has 21 heavy (non-hydrogen) atoms. The summed E-state index contributed by atoms with van der Waals surface area (Å²) in [6.45, 7) is 2.26. The van der Waals surface area contributed by atoms with Crippen molar-refractivity contribution in [3.8, 4) is 5.75 Å². The summed E-state index contributed by atoms with van der Waals surface area (Å²) in [5.41, 5.74) is 5.87. The zero-order valence-corrected chi connectivity index (χ0v) is 12.4. The highest BCUT2D eigenvalue weighted by Crippen LogP contribution is 2.23. The fourth-order valence-corrected chi connectivity index (χ4v) is 2.75. The van der Waals surface area contributed by atoms with Crippen LogP contribution in [0.25, 0.3) is 0 Å². The lowest BCUT2D eigenvalue weighted by Crippen LogP contribution is -2.40. The summed E-state index contributed by atoms with van der Waals surface area (Å²) in [5.74, 6) is 0.537. The number of hydrogen-bond donors (Lipinski definition) is 1. The number of primary amides is 1. The third-order valence-electron chi connectivity index (χ3n) is 3.90. The second-order valence-electron chi connectivity index (χ2n) is 5.45. The molecule has 1 saturated heterocycles. The van der Waals surface area contributed by atoms with E-state index in [9.17, 15) is 9.59 Å². The molecule has 5 heteroatoms. The van der Waals surface area contributed by atoms with E-state index in [0.717, 1.165) is 19.4 Å². The van der Waals surface area contributed by atoms with Gasteiger partial charge in [0, 0.05) is 31.0 Å². The highest BCUT2D eigenvalue weighted by molar-refractivity contribution is 5.98. The molecule has 1 aliphatic rings. The van der Waals surface area contributed by atoms with E-state index in [0.29, 0.717) is 30.8 Å². The number of amides is 1. The highest BCUT2D eigenvalue weighted by atomic mass is 16.5. The number of Topliss-reactive ketones (excluding diaryl/α,β-unsaturated/α-hetero) is 1. The Balaban J connectivity index is 1.99. The van der Waals surface area contributed by atoms with Gasteiger partial charge in [-0.05, 0) is 31.5 Å². The molecule has 1 aliphatic heterocycles. The first-order valence-corrected chi connectivity index (χ1v) is 7.29. The topological polar surface area (TPSA) is 72.6 Å². The molecule has 114 valence electrons. The first-order chi connectivity index (χ1) is 10.1. The van der Waals surface area contributed by atoms with Gasteiger partial charge in [-0.2, -0.15) is 0 Å². The largest absolute Gasteiger partial charge is 0.497 e. The van der Waals surface area contributed by atoms with Crippen molar-refractivity contribution < 1.29 is 14.3 Å². The molecule has 0 radical (unpaired) electrons. The Bertz CT molecular complexity index is 516. The van der Waals surface area contributed by atoms with Gasteiger partial charge in [0.1, 0.15) is 5.75 Å². The molecule has 1 aromatic carbocycles. The van der Waals surface area contributed by atoms with Gasteiger partial charge in [0.2, 0.25) is 5.91 Å². The van der Waals surface area contributed by atoms with Crippen molar-refractivity contribution in [1.82, 2.24) is 4.90 Å². The standard InChI is InChI=1S/C16H22N2O3/c1-21-14-6-2-4-12(10-14)16(20)13-5-3-8-18(11-13)9-7-15(17)19/h2,4,6,10,13H,3,5,7-9,11H2,1H3,(H2,17,19)/t13-/m0/s1. The Morgan fingerprint density at radius 1 is 1.43 bits per heavy atom. The van der Waals surface area contributed by atoms with Crippen LogP contribution in [0.5, 0.6) is 5.75 Å². The second-order valence-corrected chi connectivity index (χ2v) is 5.45. The fourth-order valence-electron chi connectivity index (χ4n) is 2.75. The van der Waals surface area contributed by atoms with Gasteiger partial charge in [0.05, 0.1) is 7.11 Å². The van der Waals surface area contributed by atoms with Crippen LogP contribution in [-0.4, -0.2) is 43.3 Å². The van der Waals surface area contributed by atoms with E-state index in [1.54, 1.807) is 13.2 Å². The quantitative estimate of drug-likeness (QED) is 0.805. The van der Waals surface area contributed by atoms with Crippen LogP contribution in [-0.2, 0) is 4.79 Å². The van der Waals surface area contributed by atoms with Crippen LogP contribution in [0.2, 0.25) is 0 Å². The van der Waals surface area contributed by atoms with E-state index in [1.165, 1.54) is 0 Å². The predicted octanol–water partition coefficient (Wildman–Crippen LogP) is 1.47. The van der Waals surface area contributed by atoms with Gasteiger partial charge in [-0.1, -0.05) is 12.1 Å². The van der Waals surface area contributed by atoms with Crippen LogP contribution < -0.4 is 10.5 Å². The summed E-state index contributed by atoms with van der Waals surface area (Å²) in [5, 5.41) is 0. The number of ketones is 1. The number of benzene rings is 1. The lowest BCUT2D eigenvalue weighted by atomic mass is 9.90. The number of likely N-dealkylation sites (tertiary alicyclic amines) is 1. The molecule has 0 bridgehead atoms. The Morgan fingerprint density at radius 3 is 2.95 bits per heavy atom. The number of carbonyl (C=O) groups excluding carboxylic acids is 2. The van der Waals surface area contributed by atoms with Crippen LogP contribution >= 0.6 is 0 Å². The zero-order valence-electron chi connectivity index (χ0n) is 12.4. The molecule has 1 heterocycles. The van der Waals surface area contributed by atoms with Crippen molar-refractivity contribution >= 4 is 11.7 Å². The Kier molecular flexibility index (Phi) is 5.33. The minimum atomic E-state index is -0.295. The van der Waals surface area contributed by atoms with Crippen molar-refractivity contribution in [2.24, 2.45) is 11.7 Å². The maximum atomic E-state index is 12.6. The van der Waals surface area contributed by atoms with Crippen LogP contribution in [0.15, 0.2) is 24.3 Å². The number of nitrogens with zero attached hydrogens (tertiary/aromatic N) is 1. The molecule has 1 aromatic rings. The van der Waals surface area contributed by atoms with E-state index >= 15 is 0 Å². The number of rotatable bonds is 6. The van der Waals surface area contributed by atoms with Crippen LogP contribution in [0.3, 0.4) is 0 Å². The monoisotopic (exact) mass is 290 g/mol. The zero-order chi connectivity index (χ0) is 15.2. The summed E-state index contributed by atoms with van der Waals surface area (Å²) in [7, 11) is 1.59. The number of hydrogen-bond acceptors (Lipinski definition) is 4. The first-order valence-electron chi connectivity index (χ1n) is 7.29. The molecule has 2 rings (SSSR count). The van der Waals surface area contributed by atoms with E-state index in [-0.39, 0.29) is 17.6 Å².